The molecule has 2 N–H and O–H groups in total. The number of benzene rings is 2. The predicted molar refractivity (Wildman–Crippen MR) is 133 cm³/mol. The third-order valence-corrected chi connectivity index (χ3v) is 7.69. The lowest BCUT2D eigenvalue weighted by atomic mass is 10.1. The summed E-state index contributed by atoms with van der Waals surface area (Å²) in [6.45, 7) is 2.80. The second-order valence-corrected chi connectivity index (χ2v) is 11.1. The number of nitrogens with one attached hydrogen (secondary N) is 1. The standard InChI is InChI=1S/C24H24ClF3N2O7S/c1-14-7-9-17(12-18(14)25)38(34,35)30-13-16(5-4-6-21(31)32)36-20-10-8-15(11-19(20)30)29-22(33)37-23(2,3)24(26,27)28/h4-5,7-12,16H,6,13H2,1-3H3,(H,29,33)(H,31,32)/b5-4+. The van der Waals surface area contributed by atoms with Crippen molar-refractivity contribution in [2.24, 2.45) is 0 Å². The summed E-state index contributed by atoms with van der Waals surface area (Å²) < 4.78 is 77.8. The van der Waals surface area contributed by atoms with Crippen molar-refractivity contribution >= 4 is 45.1 Å². The molecular weight excluding hydrogens is 553 g/mol. The molecule has 0 saturated heterocycles. The average Bonchev–Trinajstić information content (AvgIpc) is 2.79. The van der Waals surface area contributed by atoms with Crippen LogP contribution in [0.25, 0.3) is 0 Å². The first kappa shape index (κ1) is 29.1. The number of aliphatic carboxylic acids is 1. The van der Waals surface area contributed by atoms with Gasteiger partial charge in [0.2, 0.25) is 5.60 Å². The van der Waals surface area contributed by atoms with Gasteiger partial charge in [0.25, 0.3) is 10.0 Å². The van der Waals surface area contributed by atoms with Crippen LogP contribution in [-0.2, 0) is 19.6 Å². The third-order valence-electron chi connectivity index (χ3n) is 5.50. The molecule has 2 aromatic rings. The summed E-state index contributed by atoms with van der Waals surface area (Å²) in [6, 6.07) is 7.98. The molecule has 9 nitrogen and oxygen atoms in total. The molecule has 0 saturated carbocycles. The largest absolute Gasteiger partial charge is 0.482 e. The number of sulfonamides is 1. The number of aryl methyl sites for hydroxylation is 1. The monoisotopic (exact) mass is 576 g/mol. The fourth-order valence-corrected chi connectivity index (χ4v) is 5.05. The van der Waals surface area contributed by atoms with Gasteiger partial charge in [-0.2, -0.15) is 13.2 Å². The normalized spacial score (nSPS) is 16.1. The summed E-state index contributed by atoms with van der Waals surface area (Å²) in [5.74, 6) is -1.02. The Morgan fingerprint density at radius 2 is 1.92 bits per heavy atom. The van der Waals surface area contributed by atoms with Gasteiger partial charge in [-0.25, -0.2) is 13.2 Å². The number of fused-ring (bicyclic) bond motifs is 1. The van der Waals surface area contributed by atoms with Crippen LogP contribution in [0.2, 0.25) is 5.02 Å². The van der Waals surface area contributed by atoms with Crippen molar-refractivity contribution in [2.75, 3.05) is 16.2 Å². The molecule has 1 aliphatic heterocycles. The number of carbonyl (C=O) groups is 2. The second kappa shape index (κ2) is 10.7. The number of anilines is 2. The zero-order valence-electron chi connectivity index (χ0n) is 20.4. The maximum atomic E-state index is 13.6. The number of carbonyl (C=O) groups excluding carboxylic acids is 1. The molecule has 0 fully saturated rings. The Bertz CT molecular complexity index is 1380. The van der Waals surface area contributed by atoms with E-state index >= 15 is 0 Å². The number of nitrogens with zero attached hydrogens (tertiary/aromatic N) is 1. The smallest absolute Gasteiger partial charge is 0.427 e. The van der Waals surface area contributed by atoms with Gasteiger partial charge in [0.15, 0.2) is 0 Å². The Kier molecular flexibility index (Phi) is 8.22. The van der Waals surface area contributed by atoms with Crippen molar-refractivity contribution in [1.82, 2.24) is 0 Å². The Labute approximate surface area is 221 Å². The Balaban J connectivity index is 1.99. The van der Waals surface area contributed by atoms with Gasteiger partial charge in [0.1, 0.15) is 11.9 Å². The summed E-state index contributed by atoms with van der Waals surface area (Å²) in [6.07, 6.45) is -4.68. The molecule has 0 spiro atoms. The van der Waals surface area contributed by atoms with E-state index in [1.54, 1.807) is 6.92 Å². The summed E-state index contributed by atoms with van der Waals surface area (Å²) >= 11 is 6.14. The summed E-state index contributed by atoms with van der Waals surface area (Å²) in [5, 5.41) is 11.3. The number of halogens is 4. The minimum absolute atomic E-state index is 0.0162. The number of hydrogen-bond donors (Lipinski definition) is 2. The number of carboxylic acids is 1. The zero-order chi connectivity index (χ0) is 28.5. The van der Waals surface area contributed by atoms with Gasteiger partial charge >= 0.3 is 18.2 Å². The molecule has 0 bridgehead atoms. The number of amides is 1. The molecule has 0 aliphatic carbocycles. The molecule has 3 rings (SSSR count). The fourth-order valence-electron chi connectivity index (χ4n) is 3.29. The topological polar surface area (TPSA) is 122 Å². The molecule has 38 heavy (non-hydrogen) atoms. The van der Waals surface area contributed by atoms with Gasteiger partial charge in [-0.1, -0.05) is 23.7 Å². The maximum absolute atomic E-state index is 13.6. The van der Waals surface area contributed by atoms with Crippen LogP contribution in [0.4, 0.5) is 29.3 Å². The van der Waals surface area contributed by atoms with Crippen LogP contribution in [-0.4, -0.2) is 50.0 Å². The van der Waals surface area contributed by atoms with Crippen LogP contribution in [0.3, 0.4) is 0 Å². The Morgan fingerprint density at radius 3 is 2.53 bits per heavy atom. The molecule has 1 amide bonds. The number of hydrogen-bond acceptors (Lipinski definition) is 6. The highest BCUT2D eigenvalue weighted by molar-refractivity contribution is 7.92. The van der Waals surface area contributed by atoms with E-state index in [1.165, 1.54) is 48.6 Å². The third kappa shape index (κ3) is 6.51. The van der Waals surface area contributed by atoms with Gasteiger partial charge in [-0.05, 0) is 62.7 Å². The molecule has 14 heteroatoms. The molecule has 0 aromatic heterocycles. The number of rotatable bonds is 7. The van der Waals surface area contributed by atoms with Crippen molar-refractivity contribution in [3.63, 3.8) is 0 Å². The van der Waals surface area contributed by atoms with Crippen LogP contribution in [0.15, 0.2) is 53.4 Å². The molecule has 206 valence electrons. The van der Waals surface area contributed by atoms with Gasteiger partial charge in [0, 0.05) is 10.7 Å². The van der Waals surface area contributed by atoms with Crippen LogP contribution in [0.1, 0.15) is 25.8 Å². The van der Waals surface area contributed by atoms with Crippen molar-refractivity contribution < 1.29 is 45.8 Å². The van der Waals surface area contributed by atoms with E-state index in [4.69, 9.17) is 21.4 Å². The Morgan fingerprint density at radius 1 is 1.24 bits per heavy atom. The maximum Gasteiger partial charge on any atom is 0.427 e. The average molecular weight is 577 g/mol. The van der Waals surface area contributed by atoms with Crippen molar-refractivity contribution in [1.29, 1.82) is 0 Å². The first-order chi connectivity index (χ1) is 17.5. The fraction of sp³-hybridized carbons (Fsp3) is 0.333. The van der Waals surface area contributed by atoms with Gasteiger partial charge in [-0.3, -0.25) is 14.4 Å². The second-order valence-electron chi connectivity index (χ2n) is 8.83. The molecule has 1 aliphatic rings. The molecule has 1 atom stereocenters. The molecule has 1 heterocycles. The van der Waals surface area contributed by atoms with Crippen LogP contribution >= 0.6 is 11.6 Å². The van der Waals surface area contributed by atoms with E-state index in [0.29, 0.717) is 19.4 Å². The number of ether oxygens (including phenoxy) is 2. The quantitative estimate of drug-likeness (QED) is 0.416. The van der Waals surface area contributed by atoms with Crippen molar-refractivity contribution in [2.45, 2.75) is 50.0 Å². The SMILES string of the molecule is Cc1ccc(S(=O)(=O)N2CC(/C=C/CC(=O)O)Oc3ccc(NC(=O)OC(C)(C)C(F)(F)F)cc32)cc1Cl. The van der Waals surface area contributed by atoms with E-state index in [2.05, 4.69) is 10.1 Å². The molecule has 0 radical (unpaired) electrons. The van der Waals surface area contributed by atoms with E-state index in [1.807, 2.05) is 0 Å². The lowest BCUT2D eigenvalue weighted by Crippen LogP contribution is -2.44. The minimum atomic E-state index is -4.82. The van der Waals surface area contributed by atoms with Crippen molar-refractivity contribution in [3.8, 4) is 5.75 Å². The lowest BCUT2D eigenvalue weighted by Gasteiger charge is -2.35. The lowest BCUT2D eigenvalue weighted by molar-refractivity contribution is -0.242. The van der Waals surface area contributed by atoms with Crippen molar-refractivity contribution in [3.05, 3.63) is 59.1 Å². The number of alkyl halides is 3. The van der Waals surface area contributed by atoms with Crippen LogP contribution < -0.4 is 14.4 Å². The van der Waals surface area contributed by atoms with E-state index in [0.717, 1.165) is 4.31 Å². The Hall–Kier alpha value is -3.45. The summed E-state index contributed by atoms with van der Waals surface area (Å²) in [5.41, 5.74) is -2.20. The van der Waals surface area contributed by atoms with Crippen LogP contribution in [0.5, 0.6) is 5.75 Å². The highest BCUT2D eigenvalue weighted by Crippen LogP contribution is 2.40. The predicted octanol–water partition coefficient (Wildman–Crippen LogP) is 5.53. The van der Waals surface area contributed by atoms with Gasteiger partial charge < -0.3 is 14.6 Å². The van der Waals surface area contributed by atoms with E-state index in [-0.39, 0.29) is 40.0 Å². The zero-order valence-corrected chi connectivity index (χ0v) is 21.9. The number of carboxylic acid groups (broad SMARTS) is 1. The first-order valence-corrected chi connectivity index (χ1v) is 12.9. The van der Waals surface area contributed by atoms with Gasteiger partial charge in [0.05, 0.1) is 23.5 Å². The van der Waals surface area contributed by atoms with E-state index in [9.17, 15) is 31.2 Å². The minimum Gasteiger partial charge on any atom is -0.482 e. The highest BCUT2D eigenvalue weighted by atomic mass is 35.5. The molecular formula is C24H24ClF3N2O7S. The first-order valence-electron chi connectivity index (χ1n) is 11.1. The molecule has 1 unspecified atom stereocenters. The summed E-state index contributed by atoms with van der Waals surface area (Å²) in [4.78, 5) is 22.9. The van der Waals surface area contributed by atoms with E-state index < -0.39 is 40.0 Å². The van der Waals surface area contributed by atoms with Gasteiger partial charge in [-0.15, -0.1) is 0 Å². The summed E-state index contributed by atoms with van der Waals surface area (Å²) in [7, 11) is -4.26. The molecule has 2 aromatic carbocycles. The van der Waals surface area contributed by atoms with Crippen LogP contribution in [0, 0.1) is 6.92 Å². The highest BCUT2D eigenvalue weighted by Gasteiger charge is 2.51.